The van der Waals surface area contributed by atoms with Gasteiger partial charge in [-0.05, 0) is 56.3 Å². The number of hydrogen-bond donors (Lipinski definition) is 1. The van der Waals surface area contributed by atoms with Crippen LogP contribution in [0.5, 0.6) is 0 Å². The van der Waals surface area contributed by atoms with Crippen molar-refractivity contribution in [2.75, 3.05) is 19.6 Å². The Morgan fingerprint density at radius 2 is 2.16 bits per heavy atom. The second kappa shape index (κ2) is 4.97. The number of amides is 1. The molecule has 3 heteroatoms. The molecule has 2 atom stereocenters. The van der Waals surface area contributed by atoms with Gasteiger partial charge in [0, 0.05) is 24.7 Å². The maximum Gasteiger partial charge on any atom is 0.254 e. The summed E-state index contributed by atoms with van der Waals surface area (Å²) in [6, 6.07) is 6.52. The molecule has 0 aliphatic carbocycles. The highest BCUT2D eigenvalue weighted by Gasteiger charge is 2.36. The van der Waals surface area contributed by atoms with Gasteiger partial charge in [-0.3, -0.25) is 4.79 Å². The summed E-state index contributed by atoms with van der Waals surface area (Å²) >= 11 is 0. The van der Waals surface area contributed by atoms with Crippen LogP contribution in [0.1, 0.15) is 34.3 Å². The third-order valence-corrected chi connectivity index (χ3v) is 4.72. The molecule has 2 unspecified atom stereocenters. The maximum atomic E-state index is 12.7. The standard InChI is InChI=1S/C16H22N2O/c1-11-5-3-7-14(12(11)2)16(19)18-9-13-6-4-8-17-15(13)10-18/h3,5,7,13,15,17H,4,6,8-10H2,1-2H3. The number of piperidine rings is 1. The molecule has 2 aliphatic rings. The largest absolute Gasteiger partial charge is 0.337 e. The fourth-order valence-electron chi connectivity index (χ4n) is 3.37. The third kappa shape index (κ3) is 2.27. The molecule has 1 amide bonds. The first-order valence-electron chi connectivity index (χ1n) is 7.25. The van der Waals surface area contributed by atoms with Crippen molar-refractivity contribution in [3.63, 3.8) is 0 Å². The molecule has 0 radical (unpaired) electrons. The first-order chi connectivity index (χ1) is 9.16. The predicted molar refractivity (Wildman–Crippen MR) is 76.3 cm³/mol. The van der Waals surface area contributed by atoms with E-state index in [-0.39, 0.29) is 5.91 Å². The minimum absolute atomic E-state index is 0.206. The smallest absolute Gasteiger partial charge is 0.254 e. The number of nitrogens with zero attached hydrogens (tertiary/aromatic N) is 1. The zero-order chi connectivity index (χ0) is 13.4. The Bertz CT molecular complexity index is 484. The summed E-state index contributed by atoms with van der Waals surface area (Å²) in [4.78, 5) is 14.7. The first kappa shape index (κ1) is 12.7. The van der Waals surface area contributed by atoms with E-state index >= 15 is 0 Å². The van der Waals surface area contributed by atoms with Crippen molar-refractivity contribution in [1.29, 1.82) is 0 Å². The molecule has 0 bridgehead atoms. The Hall–Kier alpha value is -1.35. The predicted octanol–water partition coefficient (Wildman–Crippen LogP) is 2.13. The molecule has 2 fully saturated rings. The molecule has 1 aromatic rings. The quantitative estimate of drug-likeness (QED) is 0.837. The Labute approximate surface area is 115 Å². The number of hydrogen-bond acceptors (Lipinski definition) is 2. The second-order valence-electron chi connectivity index (χ2n) is 5.92. The SMILES string of the molecule is Cc1cccc(C(=O)N2CC3CCCNC3C2)c1C. The Kier molecular flexibility index (Phi) is 3.31. The highest BCUT2D eigenvalue weighted by atomic mass is 16.2. The van der Waals surface area contributed by atoms with Crippen molar-refractivity contribution < 1.29 is 4.79 Å². The molecule has 2 aliphatic heterocycles. The van der Waals surface area contributed by atoms with Crippen molar-refractivity contribution >= 4 is 5.91 Å². The molecule has 102 valence electrons. The highest BCUT2D eigenvalue weighted by Crippen LogP contribution is 2.27. The van der Waals surface area contributed by atoms with E-state index < -0.39 is 0 Å². The van der Waals surface area contributed by atoms with Crippen LogP contribution in [0, 0.1) is 19.8 Å². The molecule has 1 aromatic carbocycles. The van der Waals surface area contributed by atoms with Crippen molar-refractivity contribution in [2.24, 2.45) is 5.92 Å². The van der Waals surface area contributed by atoms with E-state index in [0.717, 1.165) is 30.8 Å². The van der Waals surface area contributed by atoms with Crippen LogP contribution in [0.25, 0.3) is 0 Å². The van der Waals surface area contributed by atoms with Crippen molar-refractivity contribution in [3.8, 4) is 0 Å². The van der Waals surface area contributed by atoms with Gasteiger partial charge in [0.15, 0.2) is 0 Å². The molecule has 0 aromatic heterocycles. The molecule has 3 rings (SSSR count). The van der Waals surface area contributed by atoms with Gasteiger partial charge in [-0.25, -0.2) is 0 Å². The van der Waals surface area contributed by atoms with Gasteiger partial charge in [0.2, 0.25) is 0 Å². The number of aryl methyl sites for hydroxylation is 1. The van der Waals surface area contributed by atoms with E-state index in [1.807, 2.05) is 24.0 Å². The summed E-state index contributed by atoms with van der Waals surface area (Å²) in [5, 5.41) is 3.55. The number of carbonyl (C=O) groups excluding carboxylic acids is 1. The van der Waals surface area contributed by atoms with Crippen molar-refractivity contribution in [3.05, 3.63) is 34.9 Å². The van der Waals surface area contributed by atoms with Crippen LogP contribution in [0.3, 0.4) is 0 Å². The molecule has 2 saturated heterocycles. The minimum Gasteiger partial charge on any atom is -0.337 e. The Morgan fingerprint density at radius 3 is 2.95 bits per heavy atom. The minimum atomic E-state index is 0.206. The van der Waals surface area contributed by atoms with E-state index in [1.165, 1.54) is 18.4 Å². The first-order valence-corrected chi connectivity index (χ1v) is 7.25. The highest BCUT2D eigenvalue weighted by molar-refractivity contribution is 5.96. The van der Waals surface area contributed by atoms with Gasteiger partial charge in [-0.15, -0.1) is 0 Å². The molecular weight excluding hydrogens is 236 g/mol. The van der Waals surface area contributed by atoms with E-state index in [4.69, 9.17) is 0 Å². The van der Waals surface area contributed by atoms with Crippen LogP contribution >= 0.6 is 0 Å². The van der Waals surface area contributed by atoms with E-state index in [9.17, 15) is 4.79 Å². The number of nitrogens with one attached hydrogen (secondary N) is 1. The number of likely N-dealkylation sites (tertiary alicyclic amines) is 1. The van der Waals surface area contributed by atoms with E-state index in [1.54, 1.807) is 0 Å². The molecular formula is C16H22N2O. The summed E-state index contributed by atoms with van der Waals surface area (Å²) in [6.45, 7) is 7.01. The van der Waals surface area contributed by atoms with Gasteiger partial charge < -0.3 is 10.2 Å². The fraction of sp³-hybridized carbons (Fsp3) is 0.562. The lowest BCUT2D eigenvalue weighted by atomic mass is 9.94. The summed E-state index contributed by atoms with van der Waals surface area (Å²) in [6.07, 6.45) is 2.50. The van der Waals surface area contributed by atoms with Crippen LogP contribution in [-0.4, -0.2) is 36.5 Å². The zero-order valence-electron chi connectivity index (χ0n) is 11.8. The summed E-state index contributed by atoms with van der Waals surface area (Å²) in [5.41, 5.74) is 3.19. The molecule has 0 saturated carbocycles. The molecule has 19 heavy (non-hydrogen) atoms. The van der Waals surface area contributed by atoms with Gasteiger partial charge in [0.05, 0.1) is 0 Å². The zero-order valence-corrected chi connectivity index (χ0v) is 11.8. The maximum absolute atomic E-state index is 12.7. The van der Waals surface area contributed by atoms with Crippen LogP contribution in [-0.2, 0) is 0 Å². The van der Waals surface area contributed by atoms with Crippen LogP contribution in [0.4, 0.5) is 0 Å². The van der Waals surface area contributed by atoms with E-state index in [2.05, 4.69) is 18.3 Å². The monoisotopic (exact) mass is 258 g/mol. The number of fused-ring (bicyclic) bond motifs is 1. The van der Waals surface area contributed by atoms with Gasteiger partial charge in [0.25, 0.3) is 5.91 Å². The van der Waals surface area contributed by atoms with E-state index in [0.29, 0.717) is 12.0 Å². The number of rotatable bonds is 1. The van der Waals surface area contributed by atoms with Crippen LogP contribution in [0.15, 0.2) is 18.2 Å². The lowest BCUT2D eigenvalue weighted by Crippen LogP contribution is -2.41. The fourth-order valence-corrected chi connectivity index (χ4v) is 3.37. The van der Waals surface area contributed by atoms with Gasteiger partial charge in [0.1, 0.15) is 0 Å². The molecule has 0 spiro atoms. The number of carbonyl (C=O) groups is 1. The summed E-state index contributed by atoms with van der Waals surface area (Å²) in [7, 11) is 0. The summed E-state index contributed by atoms with van der Waals surface area (Å²) < 4.78 is 0. The van der Waals surface area contributed by atoms with Crippen LogP contribution in [0.2, 0.25) is 0 Å². The Balaban J connectivity index is 1.79. The van der Waals surface area contributed by atoms with Gasteiger partial charge >= 0.3 is 0 Å². The van der Waals surface area contributed by atoms with Crippen LogP contribution < -0.4 is 5.32 Å². The lowest BCUT2D eigenvalue weighted by Gasteiger charge is -2.24. The molecule has 1 N–H and O–H groups in total. The average molecular weight is 258 g/mol. The topological polar surface area (TPSA) is 32.3 Å². The molecule has 2 heterocycles. The van der Waals surface area contributed by atoms with Crippen molar-refractivity contribution in [2.45, 2.75) is 32.7 Å². The summed E-state index contributed by atoms with van der Waals surface area (Å²) in [5.74, 6) is 0.861. The second-order valence-corrected chi connectivity index (χ2v) is 5.92. The third-order valence-electron chi connectivity index (χ3n) is 4.72. The van der Waals surface area contributed by atoms with Gasteiger partial charge in [-0.2, -0.15) is 0 Å². The normalized spacial score (nSPS) is 26.3. The van der Waals surface area contributed by atoms with Gasteiger partial charge in [-0.1, -0.05) is 12.1 Å². The lowest BCUT2D eigenvalue weighted by molar-refractivity contribution is 0.0785. The molecule has 3 nitrogen and oxygen atoms in total. The van der Waals surface area contributed by atoms with Crippen molar-refractivity contribution in [1.82, 2.24) is 10.2 Å². The number of benzene rings is 1. The average Bonchev–Trinajstić information content (AvgIpc) is 2.85. The Morgan fingerprint density at radius 1 is 1.32 bits per heavy atom.